The second kappa shape index (κ2) is 5.83. The first kappa shape index (κ1) is 12.8. The van der Waals surface area contributed by atoms with E-state index in [2.05, 4.69) is 17.1 Å². The van der Waals surface area contributed by atoms with Crippen LogP contribution in [0, 0.1) is 5.92 Å². The van der Waals surface area contributed by atoms with Crippen molar-refractivity contribution in [3.63, 3.8) is 0 Å². The van der Waals surface area contributed by atoms with Gasteiger partial charge in [-0.25, -0.2) is 0 Å². The number of carbonyl (C=O) groups is 1. The van der Waals surface area contributed by atoms with E-state index in [0.717, 1.165) is 25.6 Å². The highest BCUT2D eigenvalue weighted by atomic mass is 16.5. The van der Waals surface area contributed by atoms with E-state index in [1.807, 2.05) is 0 Å². The van der Waals surface area contributed by atoms with Gasteiger partial charge >= 0.3 is 5.97 Å². The molecule has 2 saturated heterocycles. The lowest BCUT2D eigenvalue weighted by molar-refractivity contribution is -0.142. The predicted octanol–water partition coefficient (Wildman–Crippen LogP) is 1.01. The van der Waals surface area contributed by atoms with Gasteiger partial charge in [-0.1, -0.05) is 6.92 Å². The number of nitrogens with zero attached hydrogens (tertiary/aromatic N) is 1. The van der Waals surface area contributed by atoms with E-state index < -0.39 is 0 Å². The van der Waals surface area contributed by atoms with Crippen LogP contribution >= 0.6 is 0 Å². The van der Waals surface area contributed by atoms with Crippen molar-refractivity contribution in [2.24, 2.45) is 5.92 Å². The second-order valence-electron chi connectivity index (χ2n) is 5.25. The third kappa shape index (κ3) is 2.99. The number of likely N-dealkylation sites (tertiary alicyclic amines) is 1. The Labute approximate surface area is 104 Å². The monoisotopic (exact) mass is 240 g/mol. The zero-order valence-electron chi connectivity index (χ0n) is 10.9. The van der Waals surface area contributed by atoms with Crippen LogP contribution < -0.4 is 5.32 Å². The number of carbonyl (C=O) groups excluding carboxylic acids is 1. The first-order chi connectivity index (χ1) is 8.24. The van der Waals surface area contributed by atoms with E-state index in [-0.39, 0.29) is 12.0 Å². The van der Waals surface area contributed by atoms with Crippen molar-refractivity contribution in [1.29, 1.82) is 0 Å². The third-order valence-corrected chi connectivity index (χ3v) is 4.22. The largest absolute Gasteiger partial charge is 0.468 e. The molecule has 2 fully saturated rings. The molecule has 4 heteroatoms. The number of ether oxygens (including phenoxy) is 1. The van der Waals surface area contributed by atoms with Crippen LogP contribution in [-0.2, 0) is 9.53 Å². The van der Waals surface area contributed by atoms with Gasteiger partial charge < -0.3 is 15.0 Å². The van der Waals surface area contributed by atoms with Gasteiger partial charge in [0.1, 0.15) is 6.04 Å². The summed E-state index contributed by atoms with van der Waals surface area (Å²) in [4.78, 5) is 14.0. The van der Waals surface area contributed by atoms with Crippen LogP contribution in [0.3, 0.4) is 0 Å². The van der Waals surface area contributed by atoms with Crippen molar-refractivity contribution in [1.82, 2.24) is 10.2 Å². The maximum Gasteiger partial charge on any atom is 0.322 e. The highest BCUT2D eigenvalue weighted by Gasteiger charge is 2.33. The Kier molecular flexibility index (Phi) is 4.40. The van der Waals surface area contributed by atoms with E-state index in [1.165, 1.54) is 32.9 Å². The van der Waals surface area contributed by atoms with E-state index in [4.69, 9.17) is 4.74 Å². The molecule has 2 heterocycles. The van der Waals surface area contributed by atoms with Crippen molar-refractivity contribution < 1.29 is 9.53 Å². The van der Waals surface area contributed by atoms with Crippen LogP contribution in [0.15, 0.2) is 0 Å². The van der Waals surface area contributed by atoms with Crippen LogP contribution in [0.2, 0.25) is 0 Å². The first-order valence-corrected chi connectivity index (χ1v) is 6.79. The molecule has 17 heavy (non-hydrogen) atoms. The van der Waals surface area contributed by atoms with E-state index in [1.54, 1.807) is 0 Å². The maximum atomic E-state index is 11.4. The molecule has 0 aromatic rings. The minimum Gasteiger partial charge on any atom is -0.468 e. The Bertz CT molecular complexity index is 270. The minimum absolute atomic E-state index is 0.0681. The van der Waals surface area contributed by atoms with Gasteiger partial charge in [-0.2, -0.15) is 0 Å². The summed E-state index contributed by atoms with van der Waals surface area (Å²) >= 11 is 0. The normalized spacial score (nSPS) is 34.1. The number of esters is 1. The Morgan fingerprint density at radius 1 is 1.53 bits per heavy atom. The molecule has 2 aliphatic heterocycles. The van der Waals surface area contributed by atoms with Gasteiger partial charge in [-0.15, -0.1) is 0 Å². The van der Waals surface area contributed by atoms with Crippen molar-refractivity contribution in [3.8, 4) is 0 Å². The Morgan fingerprint density at radius 2 is 2.35 bits per heavy atom. The van der Waals surface area contributed by atoms with Gasteiger partial charge in [0.25, 0.3) is 0 Å². The third-order valence-electron chi connectivity index (χ3n) is 4.22. The van der Waals surface area contributed by atoms with Gasteiger partial charge in [-0.05, 0) is 51.2 Å². The Balaban J connectivity index is 1.79. The smallest absolute Gasteiger partial charge is 0.322 e. The van der Waals surface area contributed by atoms with Crippen molar-refractivity contribution in [2.45, 2.75) is 44.7 Å². The lowest BCUT2D eigenvalue weighted by Crippen LogP contribution is -2.31. The van der Waals surface area contributed by atoms with Gasteiger partial charge in [0.2, 0.25) is 0 Å². The molecule has 0 saturated carbocycles. The van der Waals surface area contributed by atoms with Crippen LogP contribution in [0.1, 0.15) is 32.6 Å². The topological polar surface area (TPSA) is 41.6 Å². The number of methoxy groups -OCH3 is 1. The summed E-state index contributed by atoms with van der Waals surface area (Å²) in [6, 6.07) is 0.671. The fraction of sp³-hybridized carbons (Fsp3) is 0.923. The molecule has 2 aliphatic rings. The number of hydrogen-bond acceptors (Lipinski definition) is 4. The molecule has 2 rings (SSSR count). The van der Waals surface area contributed by atoms with Crippen LogP contribution in [0.4, 0.5) is 0 Å². The molecule has 0 amide bonds. The van der Waals surface area contributed by atoms with Crippen molar-refractivity contribution in [3.05, 3.63) is 0 Å². The standard InChI is InChI=1S/C13H24N2O2/c1-3-15-6-4-5-11(15)7-10-8-12(14-9-10)13(16)17-2/h10-12,14H,3-9H2,1-2H3. The maximum absolute atomic E-state index is 11.4. The van der Waals surface area contributed by atoms with E-state index in [9.17, 15) is 4.79 Å². The summed E-state index contributed by atoms with van der Waals surface area (Å²) in [6.07, 6.45) is 4.83. The summed E-state index contributed by atoms with van der Waals surface area (Å²) in [5.41, 5.74) is 0. The quantitative estimate of drug-likeness (QED) is 0.745. The van der Waals surface area contributed by atoms with Crippen LogP contribution in [0.25, 0.3) is 0 Å². The summed E-state index contributed by atoms with van der Waals surface area (Å²) in [7, 11) is 1.47. The van der Waals surface area contributed by atoms with Crippen LogP contribution in [-0.4, -0.2) is 49.7 Å². The molecular weight excluding hydrogens is 216 g/mol. The molecule has 4 nitrogen and oxygen atoms in total. The highest BCUT2D eigenvalue weighted by Crippen LogP contribution is 2.27. The van der Waals surface area contributed by atoms with Crippen molar-refractivity contribution in [2.75, 3.05) is 26.7 Å². The zero-order valence-corrected chi connectivity index (χ0v) is 10.9. The lowest BCUT2D eigenvalue weighted by Gasteiger charge is -2.25. The van der Waals surface area contributed by atoms with E-state index in [0.29, 0.717) is 5.92 Å². The van der Waals surface area contributed by atoms with E-state index >= 15 is 0 Å². The Hall–Kier alpha value is -0.610. The van der Waals surface area contributed by atoms with Gasteiger partial charge in [0, 0.05) is 6.04 Å². The summed E-state index contributed by atoms with van der Waals surface area (Å²) in [5, 5.41) is 3.27. The van der Waals surface area contributed by atoms with Gasteiger partial charge in [0.05, 0.1) is 7.11 Å². The first-order valence-electron chi connectivity index (χ1n) is 6.79. The fourth-order valence-corrected chi connectivity index (χ4v) is 3.27. The minimum atomic E-state index is -0.105. The number of hydrogen-bond donors (Lipinski definition) is 1. The number of nitrogens with one attached hydrogen (secondary N) is 1. The highest BCUT2D eigenvalue weighted by molar-refractivity contribution is 5.76. The molecular formula is C13H24N2O2. The molecule has 0 spiro atoms. The molecule has 0 aromatic carbocycles. The van der Waals surface area contributed by atoms with Crippen LogP contribution in [0.5, 0.6) is 0 Å². The molecule has 98 valence electrons. The molecule has 1 N–H and O–H groups in total. The average molecular weight is 240 g/mol. The van der Waals surface area contributed by atoms with Gasteiger partial charge in [0.15, 0.2) is 0 Å². The summed E-state index contributed by atoms with van der Waals surface area (Å²) < 4.78 is 4.78. The predicted molar refractivity (Wildman–Crippen MR) is 66.8 cm³/mol. The SMILES string of the molecule is CCN1CCCC1CC1CNC(C(=O)OC)C1. The average Bonchev–Trinajstić information content (AvgIpc) is 2.97. The Morgan fingerprint density at radius 3 is 3.06 bits per heavy atom. The lowest BCUT2D eigenvalue weighted by atomic mass is 9.95. The molecule has 3 unspecified atom stereocenters. The summed E-state index contributed by atoms with van der Waals surface area (Å²) in [6.45, 7) is 5.61. The summed E-state index contributed by atoms with van der Waals surface area (Å²) in [5.74, 6) is 0.530. The van der Waals surface area contributed by atoms with Crippen molar-refractivity contribution >= 4 is 5.97 Å². The zero-order chi connectivity index (χ0) is 12.3. The number of rotatable bonds is 4. The van der Waals surface area contributed by atoms with Gasteiger partial charge in [-0.3, -0.25) is 4.79 Å². The molecule has 3 atom stereocenters. The molecule has 0 aliphatic carbocycles. The molecule has 0 radical (unpaired) electrons. The second-order valence-corrected chi connectivity index (χ2v) is 5.25. The molecule has 0 bridgehead atoms. The fourth-order valence-electron chi connectivity index (χ4n) is 3.27. The molecule has 0 aromatic heterocycles.